The molecule has 1 fully saturated rings. The number of hydrogen-bond acceptors (Lipinski definition) is 4. The number of nitrogens with two attached hydrogens (primary N) is 1. The maximum absolute atomic E-state index is 11.8. The van der Waals surface area contributed by atoms with Crippen LogP contribution in [0.15, 0.2) is 0 Å². The van der Waals surface area contributed by atoms with Crippen LogP contribution in [0, 0.1) is 0 Å². The van der Waals surface area contributed by atoms with Gasteiger partial charge >= 0.3 is 0 Å². The molecule has 0 amide bonds. The van der Waals surface area contributed by atoms with Gasteiger partial charge in [-0.3, -0.25) is 0 Å². The van der Waals surface area contributed by atoms with Crippen molar-refractivity contribution in [1.82, 2.24) is 0 Å². The largest absolute Gasteiger partial charge is 0.388 e. The average Bonchev–Trinajstić information content (AvgIpc) is 2.47. The van der Waals surface area contributed by atoms with Crippen LogP contribution in [0.2, 0.25) is 0 Å². The third-order valence-electron chi connectivity index (χ3n) is 1.75. The Morgan fingerprint density at radius 3 is 2.92 bits per heavy atom. The van der Waals surface area contributed by atoms with Crippen LogP contribution in [0.4, 0.5) is 4.39 Å². The highest BCUT2D eigenvalue weighted by molar-refractivity contribution is 4.78. The summed E-state index contributed by atoms with van der Waals surface area (Å²) in [5, 5.41) is 8.82. The van der Waals surface area contributed by atoms with Crippen molar-refractivity contribution in [2.75, 3.05) is 26.5 Å². The summed E-state index contributed by atoms with van der Waals surface area (Å²) in [4.78, 5) is 0. The lowest BCUT2D eigenvalue weighted by Crippen LogP contribution is -2.37. The first kappa shape index (κ1) is 9.85. The molecule has 1 aliphatic rings. The van der Waals surface area contributed by atoms with Crippen molar-refractivity contribution in [3.63, 3.8) is 0 Å². The van der Waals surface area contributed by atoms with Gasteiger partial charge in [-0.2, -0.15) is 0 Å². The molecule has 0 aromatic rings. The molecule has 0 spiro atoms. The SMILES string of the molecule is NC1COCC1OCC(O)CF. The van der Waals surface area contributed by atoms with Crippen LogP contribution in [0.1, 0.15) is 0 Å². The van der Waals surface area contributed by atoms with E-state index in [9.17, 15) is 4.39 Å². The second-order valence-electron chi connectivity index (χ2n) is 2.88. The fourth-order valence-electron chi connectivity index (χ4n) is 1.00. The zero-order valence-corrected chi connectivity index (χ0v) is 6.78. The summed E-state index contributed by atoms with van der Waals surface area (Å²) in [5.74, 6) is 0. The standard InChI is InChI=1S/C7H14FNO3/c8-1-5(10)2-12-7-4-11-3-6(7)9/h5-7,10H,1-4,9H2. The maximum Gasteiger partial charge on any atom is 0.118 e. The number of aliphatic hydroxyl groups excluding tert-OH is 1. The molecule has 0 aromatic heterocycles. The van der Waals surface area contributed by atoms with Gasteiger partial charge in [0.2, 0.25) is 0 Å². The van der Waals surface area contributed by atoms with Gasteiger partial charge in [-0.05, 0) is 0 Å². The molecule has 1 heterocycles. The van der Waals surface area contributed by atoms with Crippen LogP contribution in [0.3, 0.4) is 0 Å². The van der Waals surface area contributed by atoms with Gasteiger partial charge in [0.15, 0.2) is 0 Å². The molecule has 72 valence electrons. The van der Waals surface area contributed by atoms with Crippen molar-refractivity contribution in [1.29, 1.82) is 0 Å². The molecule has 1 saturated heterocycles. The molecule has 4 nitrogen and oxygen atoms in total. The first-order valence-electron chi connectivity index (χ1n) is 3.93. The molecule has 0 saturated carbocycles. The number of halogens is 1. The second-order valence-corrected chi connectivity index (χ2v) is 2.88. The van der Waals surface area contributed by atoms with Crippen molar-refractivity contribution >= 4 is 0 Å². The molecule has 5 heteroatoms. The van der Waals surface area contributed by atoms with Crippen molar-refractivity contribution in [2.45, 2.75) is 18.2 Å². The zero-order chi connectivity index (χ0) is 8.97. The van der Waals surface area contributed by atoms with Gasteiger partial charge in [-0.1, -0.05) is 0 Å². The Morgan fingerprint density at radius 2 is 2.42 bits per heavy atom. The van der Waals surface area contributed by atoms with Crippen LogP contribution in [0.5, 0.6) is 0 Å². The van der Waals surface area contributed by atoms with Gasteiger partial charge in [0, 0.05) is 0 Å². The summed E-state index contributed by atoms with van der Waals surface area (Å²) in [5.41, 5.74) is 5.58. The topological polar surface area (TPSA) is 64.7 Å². The van der Waals surface area contributed by atoms with Crippen LogP contribution in [-0.2, 0) is 9.47 Å². The average molecular weight is 179 g/mol. The van der Waals surface area contributed by atoms with Crippen molar-refractivity contribution in [3.05, 3.63) is 0 Å². The Hall–Kier alpha value is -0.230. The molecule has 1 aliphatic heterocycles. The molecular formula is C7H14FNO3. The Balaban J connectivity index is 2.13. The molecule has 0 aromatic carbocycles. The van der Waals surface area contributed by atoms with E-state index in [1.54, 1.807) is 0 Å². The summed E-state index contributed by atoms with van der Waals surface area (Å²) < 4.78 is 21.9. The molecule has 0 bridgehead atoms. The first-order chi connectivity index (χ1) is 5.74. The second kappa shape index (κ2) is 4.71. The Morgan fingerprint density at radius 1 is 1.67 bits per heavy atom. The number of hydrogen-bond donors (Lipinski definition) is 2. The highest BCUT2D eigenvalue weighted by atomic mass is 19.1. The van der Waals surface area contributed by atoms with Gasteiger partial charge in [0.25, 0.3) is 0 Å². The summed E-state index contributed by atoms with van der Waals surface area (Å²) in [7, 11) is 0. The number of rotatable bonds is 4. The van der Waals surface area contributed by atoms with E-state index in [4.69, 9.17) is 20.3 Å². The van der Waals surface area contributed by atoms with Crippen LogP contribution in [-0.4, -0.2) is 49.9 Å². The van der Waals surface area contributed by atoms with E-state index in [0.29, 0.717) is 13.2 Å². The minimum absolute atomic E-state index is 0.0156. The van der Waals surface area contributed by atoms with Crippen LogP contribution >= 0.6 is 0 Å². The van der Waals surface area contributed by atoms with E-state index in [0.717, 1.165) is 0 Å². The van der Waals surface area contributed by atoms with Crippen LogP contribution in [0.25, 0.3) is 0 Å². The van der Waals surface area contributed by atoms with Crippen molar-refractivity contribution in [3.8, 4) is 0 Å². The summed E-state index contributed by atoms with van der Waals surface area (Å²) >= 11 is 0. The van der Waals surface area contributed by atoms with Crippen molar-refractivity contribution in [2.24, 2.45) is 5.73 Å². The fraction of sp³-hybridized carbons (Fsp3) is 1.00. The van der Waals surface area contributed by atoms with Gasteiger partial charge < -0.3 is 20.3 Å². The lowest BCUT2D eigenvalue weighted by molar-refractivity contribution is -0.0229. The Kier molecular flexibility index (Phi) is 3.87. The van der Waals surface area contributed by atoms with E-state index in [1.807, 2.05) is 0 Å². The minimum Gasteiger partial charge on any atom is -0.388 e. The maximum atomic E-state index is 11.8. The summed E-state index contributed by atoms with van der Waals surface area (Å²) in [6.07, 6.45) is -1.25. The van der Waals surface area contributed by atoms with Gasteiger partial charge in [0.1, 0.15) is 12.8 Å². The molecule has 0 radical (unpaired) electrons. The third-order valence-corrected chi connectivity index (χ3v) is 1.75. The normalized spacial score (nSPS) is 32.2. The quantitative estimate of drug-likeness (QED) is 0.584. The molecule has 3 unspecified atom stereocenters. The first-order valence-corrected chi connectivity index (χ1v) is 3.93. The molecule has 0 aliphatic carbocycles. The van der Waals surface area contributed by atoms with E-state index in [2.05, 4.69) is 0 Å². The predicted octanol–water partition coefficient (Wildman–Crippen LogP) is -0.940. The van der Waals surface area contributed by atoms with E-state index >= 15 is 0 Å². The van der Waals surface area contributed by atoms with Gasteiger partial charge in [-0.15, -0.1) is 0 Å². The monoisotopic (exact) mass is 179 g/mol. The molecule has 1 rings (SSSR count). The summed E-state index contributed by atoms with van der Waals surface area (Å²) in [6.45, 7) is 0.0948. The highest BCUT2D eigenvalue weighted by Gasteiger charge is 2.25. The molecule has 12 heavy (non-hydrogen) atoms. The number of alkyl halides is 1. The highest BCUT2D eigenvalue weighted by Crippen LogP contribution is 2.07. The minimum atomic E-state index is -1.04. The van der Waals surface area contributed by atoms with E-state index in [-0.39, 0.29) is 18.8 Å². The Labute approximate surface area is 70.4 Å². The Bertz CT molecular complexity index is 136. The lowest BCUT2D eigenvalue weighted by Gasteiger charge is -2.15. The zero-order valence-electron chi connectivity index (χ0n) is 6.78. The fourth-order valence-corrected chi connectivity index (χ4v) is 1.00. The number of aliphatic hydroxyl groups is 1. The van der Waals surface area contributed by atoms with Crippen LogP contribution < -0.4 is 5.73 Å². The molecule has 3 atom stereocenters. The number of ether oxygens (including phenoxy) is 2. The smallest absolute Gasteiger partial charge is 0.118 e. The van der Waals surface area contributed by atoms with E-state index in [1.165, 1.54) is 0 Å². The van der Waals surface area contributed by atoms with Gasteiger partial charge in [-0.25, -0.2) is 4.39 Å². The van der Waals surface area contributed by atoms with E-state index < -0.39 is 12.8 Å². The molecular weight excluding hydrogens is 165 g/mol. The molecule has 3 N–H and O–H groups in total. The van der Waals surface area contributed by atoms with Gasteiger partial charge in [0.05, 0.1) is 32.0 Å². The predicted molar refractivity (Wildman–Crippen MR) is 40.5 cm³/mol. The summed E-state index contributed by atoms with van der Waals surface area (Å²) in [6, 6.07) is -0.156. The van der Waals surface area contributed by atoms with Crippen molar-refractivity contribution < 1.29 is 19.0 Å². The third kappa shape index (κ3) is 2.67. The lowest BCUT2D eigenvalue weighted by atomic mass is 10.2.